The number of furan rings is 1. The first kappa shape index (κ1) is 14.8. The van der Waals surface area contributed by atoms with Crippen LogP contribution in [0.2, 0.25) is 0 Å². The van der Waals surface area contributed by atoms with Crippen LogP contribution in [-0.4, -0.2) is 46.9 Å². The van der Waals surface area contributed by atoms with Gasteiger partial charge in [-0.25, -0.2) is 0 Å². The first-order valence-corrected chi connectivity index (χ1v) is 7.61. The molecule has 0 atom stereocenters. The van der Waals surface area contributed by atoms with Gasteiger partial charge in [-0.3, -0.25) is 14.7 Å². The van der Waals surface area contributed by atoms with Crippen LogP contribution < -0.4 is 0 Å². The molecule has 3 rings (SSSR count). The topological polar surface area (TPSA) is 49.6 Å². The van der Waals surface area contributed by atoms with Crippen LogP contribution in [0.4, 0.5) is 0 Å². The number of amides is 1. The summed E-state index contributed by atoms with van der Waals surface area (Å²) in [6.45, 7) is 7.88. The van der Waals surface area contributed by atoms with E-state index >= 15 is 0 Å². The number of piperazine rings is 1. The van der Waals surface area contributed by atoms with E-state index in [2.05, 4.69) is 16.0 Å². The van der Waals surface area contributed by atoms with Crippen molar-refractivity contribution < 1.29 is 9.21 Å². The minimum atomic E-state index is 0.0791. The lowest BCUT2D eigenvalue weighted by molar-refractivity contribution is 0.0626. The third kappa shape index (κ3) is 3.20. The molecule has 2 aromatic heterocycles. The molecule has 0 unspecified atom stereocenters. The fourth-order valence-electron chi connectivity index (χ4n) is 2.87. The minimum Gasteiger partial charge on any atom is -0.466 e. The zero-order valence-electron chi connectivity index (χ0n) is 13.1. The molecule has 1 saturated heterocycles. The van der Waals surface area contributed by atoms with Gasteiger partial charge in [0.15, 0.2) is 0 Å². The standard InChI is InChI=1S/C17H21N3O2/c1-13-10-16(14(2)22-13)17(21)20-8-6-19(7-9-20)12-15-4-3-5-18-11-15/h3-5,10-11H,6-9,12H2,1-2H3. The molecular formula is C17H21N3O2. The Morgan fingerprint density at radius 3 is 2.64 bits per heavy atom. The first-order chi connectivity index (χ1) is 10.6. The Bertz CT molecular complexity index is 643. The molecule has 0 radical (unpaired) electrons. The summed E-state index contributed by atoms with van der Waals surface area (Å²) in [6.07, 6.45) is 3.68. The molecule has 1 amide bonds. The van der Waals surface area contributed by atoms with Crippen LogP contribution in [0.15, 0.2) is 35.0 Å². The second kappa shape index (κ2) is 6.32. The lowest BCUT2D eigenvalue weighted by Gasteiger charge is -2.34. The number of pyridine rings is 1. The normalized spacial score (nSPS) is 16.0. The van der Waals surface area contributed by atoms with Crippen molar-refractivity contribution in [1.29, 1.82) is 0 Å². The van der Waals surface area contributed by atoms with Gasteiger partial charge >= 0.3 is 0 Å². The number of hydrogen-bond acceptors (Lipinski definition) is 4. The van der Waals surface area contributed by atoms with Crippen LogP contribution in [0.1, 0.15) is 27.4 Å². The highest BCUT2D eigenvalue weighted by atomic mass is 16.3. The van der Waals surface area contributed by atoms with Gasteiger partial charge in [0.05, 0.1) is 5.56 Å². The van der Waals surface area contributed by atoms with Gasteiger partial charge in [-0.2, -0.15) is 0 Å². The zero-order chi connectivity index (χ0) is 15.5. The SMILES string of the molecule is Cc1cc(C(=O)N2CCN(Cc3cccnc3)CC2)c(C)o1. The van der Waals surface area contributed by atoms with Crippen molar-refractivity contribution in [2.45, 2.75) is 20.4 Å². The quantitative estimate of drug-likeness (QED) is 0.872. The summed E-state index contributed by atoms with van der Waals surface area (Å²) in [5.41, 5.74) is 1.90. The van der Waals surface area contributed by atoms with Crippen molar-refractivity contribution in [2.24, 2.45) is 0 Å². The lowest BCUT2D eigenvalue weighted by atomic mass is 10.2. The molecule has 3 heterocycles. The molecule has 1 aliphatic heterocycles. The largest absolute Gasteiger partial charge is 0.466 e. The highest BCUT2D eigenvalue weighted by Crippen LogP contribution is 2.17. The molecule has 0 aromatic carbocycles. The van der Waals surface area contributed by atoms with Crippen LogP contribution in [0.25, 0.3) is 0 Å². The maximum atomic E-state index is 12.5. The summed E-state index contributed by atoms with van der Waals surface area (Å²) in [4.78, 5) is 20.9. The number of rotatable bonds is 3. The van der Waals surface area contributed by atoms with E-state index in [9.17, 15) is 4.79 Å². The molecule has 0 spiro atoms. The van der Waals surface area contributed by atoms with Gasteiger partial charge in [0.2, 0.25) is 0 Å². The molecule has 0 N–H and O–H groups in total. The predicted molar refractivity (Wildman–Crippen MR) is 83.6 cm³/mol. The van der Waals surface area contributed by atoms with E-state index in [1.807, 2.05) is 37.1 Å². The first-order valence-electron chi connectivity index (χ1n) is 7.61. The van der Waals surface area contributed by atoms with Crippen molar-refractivity contribution in [3.05, 3.63) is 53.2 Å². The van der Waals surface area contributed by atoms with Gasteiger partial charge in [0, 0.05) is 45.1 Å². The molecule has 116 valence electrons. The Morgan fingerprint density at radius 2 is 2.05 bits per heavy atom. The fraction of sp³-hybridized carbons (Fsp3) is 0.412. The Morgan fingerprint density at radius 1 is 1.27 bits per heavy atom. The van der Waals surface area contributed by atoms with Gasteiger partial charge in [-0.1, -0.05) is 6.07 Å². The van der Waals surface area contributed by atoms with E-state index in [1.165, 1.54) is 5.56 Å². The van der Waals surface area contributed by atoms with Gasteiger partial charge in [-0.15, -0.1) is 0 Å². The highest BCUT2D eigenvalue weighted by molar-refractivity contribution is 5.95. The van der Waals surface area contributed by atoms with Gasteiger partial charge in [-0.05, 0) is 31.5 Å². The molecule has 5 heteroatoms. The Balaban J connectivity index is 1.57. The number of carbonyl (C=O) groups excluding carboxylic acids is 1. The molecule has 1 aliphatic rings. The van der Waals surface area contributed by atoms with Crippen LogP contribution in [-0.2, 0) is 6.54 Å². The second-order valence-electron chi connectivity index (χ2n) is 5.76. The van der Waals surface area contributed by atoms with Gasteiger partial charge < -0.3 is 9.32 Å². The molecule has 0 bridgehead atoms. The Hall–Kier alpha value is -2.14. The number of hydrogen-bond donors (Lipinski definition) is 0. The third-order valence-electron chi connectivity index (χ3n) is 4.06. The molecule has 5 nitrogen and oxygen atoms in total. The van der Waals surface area contributed by atoms with Crippen molar-refractivity contribution in [2.75, 3.05) is 26.2 Å². The van der Waals surface area contributed by atoms with Crippen molar-refractivity contribution in [3.8, 4) is 0 Å². The monoisotopic (exact) mass is 299 g/mol. The Kier molecular flexibility index (Phi) is 4.24. The van der Waals surface area contributed by atoms with E-state index < -0.39 is 0 Å². The minimum absolute atomic E-state index is 0.0791. The van der Waals surface area contributed by atoms with E-state index in [0.717, 1.165) is 38.5 Å². The van der Waals surface area contributed by atoms with Crippen LogP contribution >= 0.6 is 0 Å². The average Bonchev–Trinajstić information content (AvgIpc) is 2.87. The van der Waals surface area contributed by atoms with Crippen molar-refractivity contribution in [1.82, 2.24) is 14.8 Å². The summed E-state index contributed by atoms with van der Waals surface area (Å²) in [6, 6.07) is 5.88. The predicted octanol–water partition coefficient (Wildman–Crippen LogP) is 2.25. The van der Waals surface area contributed by atoms with E-state index in [-0.39, 0.29) is 5.91 Å². The van der Waals surface area contributed by atoms with Crippen molar-refractivity contribution >= 4 is 5.91 Å². The summed E-state index contributed by atoms with van der Waals surface area (Å²) >= 11 is 0. The Labute approximate surface area is 130 Å². The third-order valence-corrected chi connectivity index (χ3v) is 4.06. The van der Waals surface area contributed by atoms with E-state index in [4.69, 9.17) is 4.42 Å². The van der Waals surface area contributed by atoms with Crippen molar-refractivity contribution in [3.63, 3.8) is 0 Å². The molecule has 2 aromatic rings. The number of carbonyl (C=O) groups is 1. The van der Waals surface area contributed by atoms with Crippen LogP contribution in [0.3, 0.4) is 0 Å². The van der Waals surface area contributed by atoms with E-state index in [1.54, 1.807) is 6.20 Å². The summed E-state index contributed by atoms with van der Waals surface area (Å²) < 4.78 is 5.46. The molecule has 0 saturated carbocycles. The maximum absolute atomic E-state index is 12.5. The lowest BCUT2D eigenvalue weighted by Crippen LogP contribution is -2.48. The van der Waals surface area contributed by atoms with Crippen LogP contribution in [0, 0.1) is 13.8 Å². The molecule has 22 heavy (non-hydrogen) atoms. The van der Waals surface area contributed by atoms with Crippen LogP contribution in [0.5, 0.6) is 0 Å². The summed E-state index contributed by atoms with van der Waals surface area (Å²) in [5.74, 6) is 1.58. The number of aryl methyl sites for hydroxylation is 2. The summed E-state index contributed by atoms with van der Waals surface area (Å²) in [7, 11) is 0. The summed E-state index contributed by atoms with van der Waals surface area (Å²) in [5, 5.41) is 0. The van der Waals surface area contributed by atoms with E-state index in [0.29, 0.717) is 11.3 Å². The zero-order valence-corrected chi connectivity index (χ0v) is 13.1. The maximum Gasteiger partial charge on any atom is 0.257 e. The molecular weight excluding hydrogens is 278 g/mol. The highest BCUT2D eigenvalue weighted by Gasteiger charge is 2.24. The van der Waals surface area contributed by atoms with Gasteiger partial charge in [0.1, 0.15) is 11.5 Å². The smallest absolute Gasteiger partial charge is 0.257 e. The number of aromatic nitrogens is 1. The number of nitrogens with zero attached hydrogens (tertiary/aromatic N) is 3. The molecule has 1 fully saturated rings. The molecule has 0 aliphatic carbocycles. The average molecular weight is 299 g/mol. The second-order valence-corrected chi connectivity index (χ2v) is 5.76. The fourth-order valence-corrected chi connectivity index (χ4v) is 2.87. The van der Waals surface area contributed by atoms with Gasteiger partial charge in [0.25, 0.3) is 5.91 Å².